The fraction of sp³-hybridized carbons (Fsp3) is 0.636. The lowest BCUT2D eigenvalue weighted by Crippen LogP contribution is -2.17. The standard InChI is InChI=1S/C11H16N2/c1-3-6-11(10-13,7-4-2)8-5-9-12/h3H,1,4-8H2,2H3. The van der Waals surface area contributed by atoms with Crippen molar-refractivity contribution in [2.75, 3.05) is 0 Å². The summed E-state index contributed by atoms with van der Waals surface area (Å²) in [5, 5.41) is 17.5. The smallest absolute Gasteiger partial charge is 0.0693 e. The first kappa shape index (κ1) is 11.7. The summed E-state index contributed by atoms with van der Waals surface area (Å²) in [5.74, 6) is 0. The number of hydrogen-bond acceptors (Lipinski definition) is 2. The highest BCUT2D eigenvalue weighted by Gasteiger charge is 2.26. The molecule has 0 saturated carbocycles. The van der Waals surface area contributed by atoms with Gasteiger partial charge in [-0.3, -0.25) is 0 Å². The van der Waals surface area contributed by atoms with Gasteiger partial charge in [-0.05, 0) is 19.3 Å². The van der Waals surface area contributed by atoms with Crippen molar-refractivity contribution in [3.8, 4) is 12.1 Å². The van der Waals surface area contributed by atoms with E-state index < -0.39 is 0 Å². The lowest BCUT2D eigenvalue weighted by Gasteiger charge is -2.23. The van der Waals surface area contributed by atoms with Crippen LogP contribution in [0, 0.1) is 28.1 Å². The second kappa shape index (κ2) is 6.26. The highest BCUT2D eigenvalue weighted by atomic mass is 14.4. The number of allylic oxidation sites excluding steroid dienone is 1. The van der Waals surface area contributed by atoms with Crippen molar-refractivity contribution in [3.63, 3.8) is 0 Å². The Labute approximate surface area is 80.5 Å². The van der Waals surface area contributed by atoms with Crippen LogP contribution in [0.2, 0.25) is 0 Å². The van der Waals surface area contributed by atoms with Crippen molar-refractivity contribution < 1.29 is 0 Å². The van der Waals surface area contributed by atoms with Gasteiger partial charge < -0.3 is 0 Å². The molecule has 0 bridgehead atoms. The normalized spacial score (nSPS) is 13.8. The topological polar surface area (TPSA) is 47.6 Å². The fourth-order valence-electron chi connectivity index (χ4n) is 1.54. The summed E-state index contributed by atoms with van der Waals surface area (Å²) in [6, 6.07) is 4.42. The Bertz CT molecular complexity index is 231. The van der Waals surface area contributed by atoms with E-state index >= 15 is 0 Å². The molecule has 0 aromatic rings. The Morgan fingerprint density at radius 3 is 2.46 bits per heavy atom. The molecule has 0 radical (unpaired) electrons. The van der Waals surface area contributed by atoms with E-state index in [-0.39, 0.29) is 5.41 Å². The lowest BCUT2D eigenvalue weighted by atomic mass is 9.78. The molecule has 0 aromatic heterocycles. The highest BCUT2D eigenvalue weighted by molar-refractivity contribution is 5.03. The summed E-state index contributed by atoms with van der Waals surface area (Å²) in [5.41, 5.74) is -0.341. The summed E-state index contributed by atoms with van der Waals surface area (Å²) < 4.78 is 0. The molecular weight excluding hydrogens is 160 g/mol. The van der Waals surface area contributed by atoms with Gasteiger partial charge in [-0.1, -0.05) is 19.4 Å². The van der Waals surface area contributed by atoms with Crippen molar-refractivity contribution in [3.05, 3.63) is 12.7 Å². The van der Waals surface area contributed by atoms with Crippen LogP contribution < -0.4 is 0 Å². The van der Waals surface area contributed by atoms with Gasteiger partial charge in [0, 0.05) is 6.42 Å². The predicted octanol–water partition coefficient (Wildman–Crippen LogP) is 3.18. The zero-order chi connectivity index (χ0) is 10.2. The highest BCUT2D eigenvalue weighted by Crippen LogP contribution is 2.32. The summed E-state index contributed by atoms with van der Waals surface area (Å²) in [6.45, 7) is 5.71. The zero-order valence-electron chi connectivity index (χ0n) is 8.21. The third-order valence-corrected chi connectivity index (χ3v) is 2.22. The molecule has 0 saturated heterocycles. The summed E-state index contributed by atoms with van der Waals surface area (Å²) in [7, 11) is 0. The Hall–Kier alpha value is -1.28. The molecule has 2 heteroatoms. The van der Waals surface area contributed by atoms with Gasteiger partial charge in [-0.15, -0.1) is 6.58 Å². The molecule has 0 heterocycles. The van der Waals surface area contributed by atoms with Gasteiger partial charge in [0.1, 0.15) is 0 Å². The molecule has 0 amide bonds. The Balaban J connectivity index is 4.37. The van der Waals surface area contributed by atoms with Crippen molar-refractivity contribution in [1.29, 1.82) is 10.5 Å². The molecule has 0 aliphatic carbocycles. The number of nitriles is 2. The number of hydrogen-bond donors (Lipinski definition) is 0. The van der Waals surface area contributed by atoms with E-state index in [1.54, 1.807) is 6.08 Å². The molecule has 70 valence electrons. The van der Waals surface area contributed by atoms with Crippen molar-refractivity contribution >= 4 is 0 Å². The van der Waals surface area contributed by atoms with Crippen LogP contribution in [0.25, 0.3) is 0 Å². The van der Waals surface area contributed by atoms with E-state index in [0.717, 1.165) is 12.8 Å². The molecule has 0 aliphatic rings. The van der Waals surface area contributed by atoms with Crippen LogP contribution in [-0.4, -0.2) is 0 Å². The minimum Gasteiger partial charge on any atom is -0.198 e. The Morgan fingerprint density at radius 1 is 1.38 bits per heavy atom. The van der Waals surface area contributed by atoms with Crippen LogP contribution in [0.5, 0.6) is 0 Å². The SMILES string of the molecule is C=CCC(C#N)(CCC)CCC#N. The number of rotatable bonds is 6. The first-order valence-electron chi connectivity index (χ1n) is 4.64. The van der Waals surface area contributed by atoms with Crippen LogP contribution in [-0.2, 0) is 0 Å². The molecular formula is C11H16N2. The third kappa shape index (κ3) is 3.76. The van der Waals surface area contributed by atoms with Crippen LogP contribution in [0.15, 0.2) is 12.7 Å². The molecule has 13 heavy (non-hydrogen) atoms. The van der Waals surface area contributed by atoms with E-state index in [1.807, 2.05) is 0 Å². The number of nitrogens with zero attached hydrogens (tertiary/aromatic N) is 2. The van der Waals surface area contributed by atoms with Crippen molar-refractivity contribution in [2.24, 2.45) is 5.41 Å². The maximum absolute atomic E-state index is 9.06. The minimum atomic E-state index is -0.341. The zero-order valence-corrected chi connectivity index (χ0v) is 8.21. The van der Waals surface area contributed by atoms with Crippen molar-refractivity contribution in [2.45, 2.75) is 39.0 Å². The largest absolute Gasteiger partial charge is 0.198 e. The summed E-state index contributed by atoms with van der Waals surface area (Å²) in [4.78, 5) is 0. The monoisotopic (exact) mass is 176 g/mol. The van der Waals surface area contributed by atoms with Gasteiger partial charge in [0.15, 0.2) is 0 Å². The fourth-order valence-corrected chi connectivity index (χ4v) is 1.54. The molecule has 0 spiro atoms. The second-order valence-corrected chi connectivity index (χ2v) is 3.29. The van der Waals surface area contributed by atoms with Gasteiger partial charge in [0.05, 0.1) is 17.6 Å². The van der Waals surface area contributed by atoms with Gasteiger partial charge in [-0.2, -0.15) is 10.5 Å². The van der Waals surface area contributed by atoms with Gasteiger partial charge in [0.2, 0.25) is 0 Å². The molecule has 2 nitrogen and oxygen atoms in total. The van der Waals surface area contributed by atoms with Crippen LogP contribution >= 0.6 is 0 Å². The van der Waals surface area contributed by atoms with E-state index in [1.165, 1.54) is 0 Å². The molecule has 0 fully saturated rings. The maximum Gasteiger partial charge on any atom is 0.0693 e. The first-order chi connectivity index (χ1) is 6.24. The Kier molecular flexibility index (Phi) is 5.64. The summed E-state index contributed by atoms with van der Waals surface area (Å²) in [6.07, 6.45) is 5.43. The third-order valence-electron chi connectivity index (χ3n) is 2.22. The molecule has 1 unspecified atom stereocenters. The average Bonchev–Trinajstić information content (AvgIpc) is 2.15. The van der Waals surface area contributed by atoms with Crippen molar-refractivity contribution in [1.82, 2.24) is 0 Å². The van der Waals surface area contributed by atoms with Crippen LogP contribution in [0.4, 0.5) is 0 Å². The summed E-state index contributed by atoms with van der Waals surface area (Å²) >= 11 is 0. The van der Waals surface area contributed by atoms with E-state index in [4.69, 9.17) is 10.5 Å². The van der Waals surface area contributed by atoms with Crippen LogP contribution in [0.3, 0.4) is 0 Å². The quantitative estimate of drug-likeness (QED) is 0.583. The molecule has 0 N–H and O–H groups in total. The maximum atomic E-state index is 9.06. The van der Waals surface area contributed by atoms with Gasteiger partial charge in [-0.25, -0.2) is 0 Å². The average molecular weight is 176 g/mol. The predicted molar refractivity (Wildman–Crippen MR) is 52.6 cm³/mol. The minimum absolute atomic E-state index is 0.341. The van der Waals surface area contributed by atoms with E-state index in [9.17, 15) is 0 Å². The van der Waals surface area contributed by atoms with E-state index in [0.29, 0.717) is 19.3 Å². The lowest BCUT2D eigenvalue weighted by molar-refractivity contribution is 0.339. The second-order valence-electron chi connectivity index (χ2n) is 3.29. The first-order valence-corrected chi connectivity index (χ1v) is 4.64. The Morgan fingerprint density at radius 2 is 2.08 bits per heavy atom. The molecule has 0 rings (SSSR count). The van der Waals surface area contributed by atoms with E-state index in [2.05, 4.69) is 25.6 Å². The molecule has 0 aliphatic heterocycles. The van der Waals surface area contributed by atoms with Crippen LogP contribution in [0.1, 0.15) is 39.0 Å². The van der Waals surface area contributed by atoms with Gasteiger partial charge in [0.25, 0.3) is 0 Å². The van der Waals surface area contributed by atoms with Gasteiger partial charge >= 0.3 is 0 Å². The molecule has 1 atom stereocenters. The molecule has 0 aromatic carbocycles.